The van der Waals surface area contributed by atoms with Crippen LogP contribution in [-0.4, -0.2) is 209 Å². The maximum atomic E-state index is 14.8. The van der Waals surface area contributed by atoms with Gasteiger partial charge < -0.3 is 94.1 Å². The Morgan fingerprint density at radius 2 is 1.12 bits per heavy atom. The van der Waals surface area contributed by atoms with Gasteiger partial charge in [-0.1, -0.05) is 40.2 Å². The van der Waals surface area contributed by atoms with Crippen LogP contribution in [0.3, 0.4) is 0 Å². The molecule has 0 spiro atoms. The van der Waals surface area contributed by atoms with E-state index in [-0.39, 0.29) is 46.6 Å². The number of aliphatic hydroxyl groups is 11. The van der Waals surface area contributed by atoms with Crippen LogP contribution < -0.4 is 0 Å². The van der Waals surface area contributed by atoms with Gasteiger partial charge in [0.2, 0.25) is 0 Å². The molecule has 29 atom stereocenters. The van der Waals surface area contributed by atoms with E-state index in [9.17, 15) is 65.8 Å². The lowest BCUT2D eigenvalue weighted by molar-refractivity contribution is -0.400. The minimum atomic E-state index is -1.87. The van der Waals surface area contributed by atoms with Crippen LogP contribution in [0.5, 0.6) is 0 Å². The van der Waals surface area contributed by atoms with Gasteiger partial charge in [0.1, 0.15) is 85.1 Å². The van der Waals surface area contributed by atoms with Crippen molar-refractivity contribution >= 4 is 11.6 Å². The molecular weight excluding hydrogens is 985 g/mol. The fourth-order valence-corrected chi connectivity index (χ4v) is 15.7. The Morgan fingerprint density at radius 1 is 0.613 bits per heavy atom. The van der Waals surface area contributed by atoms with Gasteiger partial charge in [-0.15, -0.1) is 0 Å². The SMILES string of the molecule is CC(C)=CC(=O)CC(C)(O)C1CCC2(C)C1C(=O)CC1C3(C)CCC(OC4OC(COC5OC(C)C(O)C(O)C5O)C(O)C(OC5OC(C)C(O)C(O)C5O)C4OC4OC(C)C(O)C(O)C4O)C(C)(C)C3CCC12C. The van der Waals surface area contributed by atoms with E-state index in [1.807, 2.05) is 13.8 Å². The smallest absolute Gasteiger partial charge is 0.187 e. The third kappa shape index (κ3) is 10.4. The molecule has 0 aromatic rings. The minimum Gasteiger partial charge on any atom is -0.389 e. The number of aliphatic hydroxyl groups excluding tert-OH is 10. The van der Waals surface area contributed by atoms with Crippen molar-refractivity contribution in [3.8, 4) is 0 Å². The molecule has 21 heteroatoms. The highest BCUT2D eigenvalue weighted by Gasteiger charge is 2.72. The molecule has 0 radical (unpaired) electrons. The first-order valence-electron chi connectivity index (χ1n) is 27.2. The first-order valence-corrected chi connectivity index (χ1v) is 27.2. The van der Waals surface area contributed by atoms with Gasteiger partial charge in [0.15, 0.2) is 30.9 Å². The normalized spacial score (nSPS) is 52.7. The summed E-state index contributed by atoms with van der Waals surface area (Å²) < 4.78 is 49.9. The van der Waals surface area contributed by atoms with Crippen molar-refractivity contribution in [2.24, 2.45) is 45.3 Å². The van der Waals surface area contributed by atoms with E-state index in [1.165, 1.54) is 20.8 Å². The van der Waals surface area contributed by atoms with Crippen LogP contribution in [0.15, 0.2) is 11.6 Å². The zero-order valence-corrected chi connectivity index (χ0v) is 45.4. The van der Waals surface area contributed by atoms with Gasteiger partial charge in [0.05, 0.1) is 36.6 Å². The van der Waals surface area contributed by atoms with Crippen LogP contribution in [-0.2, 0) is 47.5 Å². The molecule has 4 aliphatic carbocycles. The summed E-state index contributed by atoms with van der Waals surface area (Å²) in [5.41, 5.74) is -2.35. The topological polar surface area (TPSA) is 331 Å². The van der Waals surface area contributed by atoms with E-state index >= 15 is 0 Å². The quantitative estimate of drug-likeness (QED) is 0.0871. The molecule has 4 heterocycles. The summed E-state index contributed by atoms with van der Waals surface area (Å²) in [4.78, 5) is 27.9. The van der Waals surface area contributed by atoms with Crippen molar-refractivity contribution in [1.82, 2.24) is 0 Å². The summed E-state index contributed by atoms with van der Waals surface area (Å²) in [5, 5.41) is 122. The molecule has 75 heavy (non-hydrogen) atoms. The van der Waals surface area contributed by atoms with E-state index in [2.05, 4.69) is 34.6 Å². The minimum absolute atomic E-state index is 0.0358. The molecule has 29 unspecified atom stereocenters. The Labute approximate surface area is 439 Å². The average molecular weight is 1070 g/mol. The number of allylic oxidation sites excluding steroid dienone is 2. The second-order valence-electron chi connectivity index (χ2n) is 25.6. The molecule has 0 aromatic heterocycles. The Balaban J connectivity index is 1.10. The predicted molar refractivity (Wildman–Crippen MR) is 261 cm³/mol. The summed E-state index contributed by atoms with van der Waals surface area (Å²) in [6.07, 6.45) is -26.2. The van der Waals surface area contributed by atoms with Gasteiger partial charge in [-0.25, -0.2) is 0 Å². The molecule has 0 aromatic carbocycles. The number of Topliss-reactive ketones (excluding diaryl/α,β-unsaturated/α-hetero) is 1. The first kappa shape index (κ1) is 59.4. The summed E-state index contributed by atoms with van der Waals surface area (Å²) in [6, 6.07) is 0. The maximum absolute atomic E-state index is 14.8. The lowest BCUT2D eigenvalue weighted by atomic mass is 9.35. The maximum Gasteiger partial charge on any atom is 0.187 e. The molecule has 11 N–H and O–H groups in total. The Hall–Kier alpha value is -1.68. The molecule has 4 aliphatic heterocycles. The van der Waals surface area contributed by atoms with Crippen molar-refractivity contribution in [2.75, 3.05) is 6.61 Å². The van der Waals surface area contributed by atoms with Crippen molar-refractivity contribution in [3.63, 3.8) is 0 Å². The fourth-order valence-electron chi connectivity index (χ4n) is 15.7. The first-order chi connectivity index (χ1) is 34.8. The fraction of sp³-hybridized carbons (Fsp3) is 0.926. The van der Waals surface area contributed by atoms with Crippen molar-refractivity contribution < 1.29 is 104 Å². The standard InChI is InChI=1S/C54H88O21/c1-22(2)18-26(55)20-54(11,67)27-12-16-53(10)33(27)28(56)19-31-51(8)15-14-32(50(6,7)30(51)13-17-52(31,53)9)73-49-45(75-48-43(66)40(63)36(59)25(5)71-48)44(74-47-42(65)39(62)35(58)24(4)70-47)37(60)29(72-49)21-68-46-41(64)38(61)34(57)23(3)69-46/h18,23-25,27,29-49,57-67H,12-17,19-21H2,1-11H3. The van der Waals surface area contributed by atoms with Gasteiger partial charge in [-0.05, 0) is 126 Å². The Bertz CT molecular complexity index is 2070. The molecular formula is C54H88O21. The highest BCUT2D eigenvalue weighted by atomic mass is 16.8. The van der Waals surface area contributed by atoms with Crippen LogP contribution in [0.4, 0.5) is 0 Å². The number of carbonyl (C=O) groups is 2. The lowest BCUT2D eigenvalue weighted by Gasteiger charge is -2.69. The monoisotopic (exact) mass is 1070 g/mol. The van der Waals surface area contributed by atoms with E-state index in [0.29, 0.717) is 25.7 Å². The third-order valence-electron chi connectivity index (χ3n) is 20.2. The van der Waals surface area contributed by atoms with Gasteiger partial charge in [-0.3, -0.25) is 9.59 Å². The van der Waals surface area contributed by atoms with E-state index in [0.717, 1.165) is 24.8 Å². The highest BCUT2D eigenvalue weighted by molar-refractivity contribution is 5.91. The van der Waals surface area contributed by atoms with E-state index < -0.39 is 158 Å². The predicted octanol–water partition coefficient (Wildman–Crippen LogP) is 0.267. The zero-order chi connectivity index (χ0) is 55.4. The summed E-state index contributed by atoms with van der Waals surface area (Å²) in [5.74, 6) is -0.942. The van der Waals surface area contributed by atoms with Crippen molar-refractivity contribution in [1.29, 1.82) is 0 Å². The second-order valence-corrected chi connectivity index (χ2v) is 25.6. The molecule has 21 nitrogen and oxygen atoms in total. The molecule has 430 valence electrons. The third-order valence-corrected chi connectivity index (χ3v) is 20.2. The van der Waals surface area contributed by atoms with Crippen LogP contribution in [0.25, 0.3) is 0 Å². The van der Waals surface area contributed by atoms with Crippen LogP contribution in [0.2, 0.25) is 0 Å². The number of ether oxygens (including phenoxy) is 8. The molecule has 0 bridgehead atoms. The van der Waals surface area contributed by atoms with Crippen LogP contribution >= 0.6 is 0 Å². The Kier molecular flexibility index (Phi) is 17.2. The van der Waals surface area contributed by atoms with Gasteiger partial charge in [0.25, 0.3) is 0 Å². The number of carbonyl (C=O) groups excluding carboxylic acids is 2. The molecule has 0 amide bonds. The van der Waals surface area contributed by atoms with Gasteiger partial charge in [0, 0.05) is 18.8 Å². The van der Waals surface area contributed by atoms with E-state index in [1.54, 1.807) is 13.0 Å². The summed E-state index contributed by atoms with van der Waals surface area (Å²) in [6.45, 7) is 20.2. The molecule has 8 fully saturated rings. The summed E-state index contributed by atoms with van der Waals surface area (Å²) >= 11 is 0. The second kappa shape index (κ2) is 21.7. The molecule has 8 aliphatic rings. The molecule has 4 saturated carbocycles. The highest BCUT2D eigenvalue weighted by Crippen LogP contribution is 2.75. The average Bonchev–Trinajstić information content (AvgIpc) is 3.72. The summed E-state index contributed by atoms with van der Waals surface area (Å²) in [7, 11) is 0. The number of rotatable bonds is 13. The van der Waals surface area contributed by atoms with Crippen LogP contribution in [0.1, 0.15) is 128 Å². The number of hydrogen-bond donors (Lipinski definition) is 11. The number of ketones is 2. The molecule has 4 saturated heterocycles. The van der Waals surface area contributed by atoms with Crippen molar-refractivity contribution in [2.45, 2.75) is 262 Å². The molecule has 8 rings (SSSR count). The largest absolute Gasteiger partial charge is 0.389 e. The lowest BCUT2D eigenvalue weighted by Crippen LogP contribution is -2.68. The number of fused-ring (bicyclic) bond motifs is 5. The van der Waals surface area contributed by atoms with Crippen LogP contribution in [0, 0.1) is 45.3 Å². The van der Waals surface area contributed by atoms with Crippen molar-refractivity contribution in [3.05, 3.63) is 11.6 Å². The van der Waals surface area contributed by atoms with Gasteiger partial charge in [-0.2, -0.15) is 0 Å². The van der Waals surface area contributed by atoms with Gasteiger partial charge >= 0.3 is 0 Å². The Morgan fingerprint density at radius 3 is 1.67 bits per heavy atom. The van der Waals surface area contributed by atoms with E-state index in [4.69, 9.17) is 37.9 Å². The zero-order valence-electron chi connectivity index (χ0n) is 45.4. The number of hydrogen-bond acceptors (Lipinski definition) is 21.